The van der Waals surface area contributed by atoms with E-state index in [0.29, 0.717) is 29.0 Å². The highest BCUT2D eigenvalue weighted by atomic mass is 32.2. The summed E-state index contributed by atoms with van der Waals surface area (Å²) in [5, 5.41) is 16.5. The van der Waals surface area contributed by atoms with Crippen LogP contribution in [0.3, 0.4) is 0 Å². The van der Waals surface area contributed by atoms with E-state index in [1.54, 1.807) is 32.4 Å². The molecule has 3 rings (SSSR count). The molecule has 0 aromatic heterocycles. The van der Waals surface area contributed by atoms with Crippen molar-refractivity contribution in [3.05, 3.63) is 81.9 Å². The summed E-state index contributed by atoms with van der Waals surface area (Å²) in [6.45, 7) is 0. The summed E-state index contributed by atoms with van der Waals surface area (Å²) in [7, 11) is -1.08. The number of nitro groups is 1. The molecule has 0 spiro atoms. The number of benzene rings is 3. The molecule has 3 aromatic carbocycles. The number of sulfonamides is 1. The topological polar surface area (TPSA) is 122 Å². The monoisotopic (exact) mass is 428 g/mol. The molecule has 0 heterocycles. The Kier molecular flexibility index (Phi) is 6.04. The van der Waals surface area contributed by atoms with Gasteiger partial charge in [0.2, 0.25) is 10.0 Å². The first-order valence-corrected chi connectivity index (χ1v) is 10.4. The number of hydrogen-bond donors (Lipinski definition) is 1. The lowest BCUT2D eigenvalue weighted by Crippen LogP contribution is -2.14. The third-order valence-corrected chi connectivity index (χ3v) is 5.62. The van der Waals surface area contributed by atoms with Gasteiger partial charge in [-0.3, -0.25) is 10.1 Å². The standard InChI is InChI=1S/C21H20N2O6S/c1-28-17-9-7-15(20(13-17)29-2)11-14-5-3-4-6-18(14)19-10-8-16(23(24)25)12-21(19)30(22,26)27/h3-10,12-13H,11H2,1-2H3,(H2,22,26,27). The van der Waals surface area contributed by atoms with E-state index in [0.717, 1.165) is 17.2 Å². The van der Waals surface area contributed by atoms with Crippen LogP contribution in [0.5, 0.6) is 11.5 Å². The lowest BCUT2D eigenvalue weighted by atomic mass is 9.94. The van der Waals surface area contributed by atoms with Crippen LogP contribution in [-0.4, -0.2) is 27.6 Å². The molecule has 2 N–H and O–H groups in total. The molecule has 3 aromatic rings. The molecule has 0 unspecified atom stereocenters. The fourth-order valence-corrected chi connectivity index (χ4v) is 3.99. The number of non-ortho nitro benzene ring substituents is 1. The summed E-state index contributed by atoms with van der Waals surface area (Å²) in [4.78, 5) is 10.1. The largest absolute Gasteiger partial charge is 0.497 e. The molecule has 9 heteroatoms. The lowest BCUT2D eigenvalue weighted by molar-refractivity contribution is -0.385. The molecule has 0 atom stereocenters. The van der Waals surface area contributed by atoms with Crippen molar-refractivity contribution < 1.29 is 22.8 Å². The number of nitrogens with zero attached hydrogens (tertiary/aromatic N) is 1. The second-order valence-corrected chi connectivity index (χ2v) is 8.02. The van der Waals surface area contributed by atoms with Crippen LogP contribution in [-0.2, 0) is 16.4 Å². The highest BCUT2D eigenvalue weighted by Gasteiger charge is 2.21. The molecule has 0 saturated carbocycles. The molecule has 156 valence electrons. The third-order valence-electron chi connectivity index (χ3n) is 4.67. The van der Waals surface area contributed by atoms with Crippen LogP contribution in [0.4, 0.5) is 5.69 Å². The second kappa shape index (κ2) is 8.52. The number of hydrogen-bond acceptors (Lipinski definition) is 6. The summed E-state index contributed by atoms with van der Waals surface area (Å²) in [6, 6.07) is 16.3. The van der Waals surface area contributed by atoms with Gasteiger partial charge in [0.25, 0.3) is 5.69 Å². The highest BCUT2D eigenvalue weighted by molar-refractivity contribution is 7.89. The Hall–Kier alpha value is -3.43. The maximum Gasteiger partial charge on any atom is 0.270 e. The molecule has 0 amide bonds. The molecule has 0 bridgehead atoms. The molecule has 8 nitrogen and oxygen atoms in total. The molecular weight excluding hydrogens is 408 g/mol. The zero-order chi connectivity index (χ0) is 21.9. The SMILES string of the molecule is COc1ccc(Cc2ccccc2-c2ccc([N+](=O)[O-])cc2S(N)(=O)=O)c(OC)c1. The number of primary sulfonamides is 1. The summed E-state index contributed by atoms with van der Waals surface area (Å²) >= 11 is 0. The van der Waals surface area contributed by atoms with Gasteiger partial charge in [0, 0.05) is 30.2 Å². The lowest BCUT2D eigenvalue weighted by Gasteiger charge is -2.15. The zero-order valence-electron chi connectivity index (χ0n) is 16.4. The summed E-state index contributed by atoms with van der Waals surface area (Å²) in [6.07, 6.45) is 0.435. The van der Waals surface area contributed by atoms with E-state index in [2.05, 4.69) is 0 Å². The maximum absolute atomic E-state index is 12.2. The van der Waals surface area contributed by atoms with Crippen LogP contribution in [0.25, 0.3) is 11.1 Å². The van der Waals surface area contributed by atoms with Gasteiger partial charge >= 0.3 is 0 Å². The number of methoxy groups -OCH3 is 2. The van der Waals surface area contributed by atoms with E-state index in [4.69, 9.17) is 14.6 Å². The molecule has 30 heavy (non-hydrogen) atoms. The highest BCUT2D eigenvalue weighted by Crippen LogP contribution is 2.35. The van der Waals surface area contributed by atoms with Crippen molar-refractivity contribution in [3.8, 4) is 22.6 Å². The smallest absolute Gasteiger partial charge is 0.270 e. The van der Waals surface area contributed by atoms with Crippen molar-refractivity contribution in [2.75, 3.05) is 14.2 Å². The minimum absolute atomic E-state index is 0.297. The second-order valence-electron chi connectivity index (χ2n) is 6.49. The van der Waals surface area contributed by atoms with Crippen molar-refractivity contribution in [2.24, 2.45) is 5.14 Å². The van der Waals surface area contributed by atoms with E-state index in [-0.39, 0.29) is 10.6 Å². The van der Waals surface area contributed by atoms with Gasteiger partial charge in [-0.05, 0) is 28.8 Å². The van der Waals surface area contributed by atoms with E-state index < -0.39 is 14.9 Å². The van der Waals surface area contributed by atoms with Crippen LogP contribution < -0.4 is 14.6 Å². The molecule has 0 aliphatic carbocycles. The molecular formula is C21H20N2O6S. The minimum atomic E-state index is -4.19. The van der Waals surface area contributed by atoms with Crippen molar-refractivity contribution in [1.82, 2.24) is 0 Å². The van der Waals surface area contributed by atoms with E-state index >= 15 is 0 Å². The number of nitrogens with two attached hydrogens (primary N) is 1. The predicted octanol–water partition coefficient (Wildman–Crippen LogP) is 3.52. The Morgan fingerprint density at radius 3 is 2.30 bits per heavy atom. The Bertz CT molecular complexity index is 1210. The van der Waals surface area contributed by atoms with E-state index in [1.165, 1.54) is 12.1 Å². The van der Waals surface area contributed by atoms with E-state index in [9.17, 15) is 18.5 Å². The van der Waals surface area contributed by atoms with Gasteiger partial charge in [-0.1, -0.05) is 30.3 Å². The first-order chi connectivity index (χ1) is 14.2. The summed E-state index contributed by atoms with van der Waals surface area (Å²) in [5.74, 6) is 1.27. The predicted molar refractivity (Wildman–Crippen MR) is 112 cm³/mol. The quantitative estimate of drug-likeness (QED) is 0.454. The summed E-state index contributed by atoms with van der Waals surface area (Å²) < 4.78 is 35.0. The first kappa shape index (κ1) is 21.3. The average molecular weight is 428 g/mol. The number of nitro benzene ring substituents is 1. The van der Waals surface area contributed by atoms with Crippen molar-refractivity contribution in [2.45, 2.75) is 11.3 Å². The molecule has 0 fully saturated rings. The normalized spacial score (nSPS) is 11.2. The minimum Gasteiger partial charge on any atom is -0.497 e. The summed E-state index contributed by atoms with van der Waals surface area (Å²) in [5.41, 5.74) is 2.22. The Morgan fingerprint density at radius 2 is 1.67 bits per heavy atom. The van der Waals surface area contributed by atoms with Crippen LogP contribution in [0.15, 0.2) is 65.6 Å². The van der Waals surface area contributed by atoms with Crippen molar-refractivity contribution in [1.29, 1.82) is 0 Å². The van der Waals surface area contributed by atoms with E-state index in [1.807, 2.05) is 24.3 Å². The Balaban J connectivity index is 2.15. The van der Waals surface area contributed by atoms with Crippen LogP contribution in [0.1, 0.15) is 11.1 Å². The fraction of sp³-hybridized carbons (Fsp3) is 0.143. The van der Waals surface area contributed by atoms with Gasteiger partial charge in [-0.15, -0.1) is 0 Å². The number of ether oxygens (including phenoxy) is 2. The van der Waals surface area contributed by atoms with Crippen molar-refractivity contribution >= 4 is 15.7 Å². The van der Waals surface area contributed by atoms with Crippen molar-refractivity contribution in [3.63, 3.8) is 0 Å². The van der Waals surface area contributed by atoms with Gasteiger partial charge in [-0.25, -0.2) is 13.6 Å². The molecule has 0 aliphatic heterocycles. The zero-order valence-corrected chi connectivity index (χ0v) is 17.2. The number of rotatable bonds is 7. The molecule has 0 radical (unpaired) electrons. The fourth-order valence-electron chi connectivity index (χ4n) is 3.22. The van der Waals surface area contributed by atoms with Gasteiger partial charge < -0.3 is 9.47 Å². The van der Waals surface area contributed by atoms with Crippen LogP contribution >= 0.6 is 0 Å². The van der Waals surface area contributed by atoms with Gasteiger partial charge in [0.15, 0.2) is 0 Å². The Labute approximate surface area is 174 Å². The molecule has 0 aliphatic rings. The third kappa shape index (κ3) is 4.42. The van der Waals surface area contributed by atoms with Gasteiger partial charge in [0.05, 0.1) is 24.0 Å². The first-order valence-electron chi connectivity index (χ1n) is 8.85. The average Bonchev–Trinajstić information content (AvgIpc) is 2.73. The van der Waals surface area contributed by atoms with Gasteiger partial charge in [0.1, 0.15) is 11.5 Å². The van der Waals surface area contributed by atoms with Crippen LogP contribution in [0, 0.1) is 10.1 Å². The molecule has 0 saturated heterocycles. The van der Waals surface area contributed by atoms with Crippen LogP contribution in [0.2, 0.25) is 0 Å². The Morgan fingerprint density at radius 1 is 0.933 bits per heavy atom. The maximum atomic E-state index is 12.2. The van der Waals surface area contributed by atoms with Gasteiger partial charge in [-0.2, -0.15) is 0 Å².